The Balaban J connectivity index is 2.18. The summed E-state index contributed by atoms with van der Waals surface area (Å²) in [6.07, 6.45) is 0. The molecule has 0 bridgehead atoms. The highest BCUT2D eigenvalue weighted by Gasteiger charge is 2.20. The zero-order valence-electron chi connectivity index (χ0n) is 9.93. The van der Waals surface area contributed by atoms with Crippen molar-refractivity contribution in [2.24, 2.45) is 0 Å². The maximum absolute atomic E-state index is 12.1. The molecule has 1 aromatic carbocycles. The quantitative estimate of drug-likeness (QED) is 0.864. The third-order valence-electron chi connectivity index (χ3n) is 2.52. The molecule has 7 heteroatoms. The fraction of sp³-hybridized carbons (Fsp3) is 0.167. The Labute approximate surface area is 129 Å². The number of benzene rings is 1. The second-order valence-corrected chi connectivity index (χ2v) is 8.52. The Morgan fingerprint density at radius 1 is 1.21 bits per heavy atom. The first-order chi connectivity index (χ1) is 8.88. The van der Waals surface area contributed by atoms with Crippen molar-refractivity contribution in [3.05, 3.63) is 50.8 Å². The summed E-state index contributed by atoms with van der Waals surface area (Å²) in [6, 6.07) is 10.3. The van der Waals surface area contributed by atoms with Crippen LogP contribution >= 0.6 is 38.9 Å². The molecule has 0 saturated carbocycles. The van der Waals surface area contributed by atoms with E-state index in [1.54, 1.807) is 13.0 Å². The van der Waals surface area contributed by atoms with Gasteiger partial charge in [0.15, 0.2) is 0 Å². The van der Waals surface area contributed by atoms with Gasteiger partial charge in [-0.25, -0.2) is 13.1 Å². The van der Waals surface area contributed by atoms with Crippen molar-refractivity contribution in [3.63, 3.8) is 0 Å². The van der Waals surface area contributed by atoms with Crippen LogP contribution < -0.4 is 4.72 Å². The van der Waals surface area contributed by atoms with E-state index < -0.39 is 10.0 Å². The molecule has 102 valence electrons. The Morgan fingerprint density at radius 3 is 2.37 bits per heavy atom. The second-order valence-electron chi connectivity index (χ2n) is 3.95. The molecule has 2 rings (SSSR count). The van der Waals surface area contributed by atoms with Crippen LogP contribution in [0.5, 0.6) is 0 Å². The van der Waals surface area contributed by atoms with E-state index in [0.717, 1.165) is 21.4 Å². The molecule has 0 aliphatic heterocycles. The lowest BCUT2D eigenvalue weighted by Gasteiger charge is -2.13. The monoisotopic (exact) mass is 379 g/mol. The molecule has 0 radical (unpaired) electrons. The van der Waals surface area contributed by atoms with Crippen LogP contribution in [0.15, 0.2) is 45.1 Å². The molecule has 1 atom stereocenters. The molecule has 2 aromatic rings. The average Bonchev–Trinajstić information content (AvgIpc) is 2.77. The van der Waals surface area contributed by atoms with E-state index in [0.29, 0.717) is 4.34 Å². The predicted octanol–water partition coefficient (Wildman–Crippen LogP) is 4.20. The van der Waals surface area contributed by atoms with Crippen molar-refractivity contribution in [1.29, 1.82) is 0 Å². The van der Waals surface area contributed by atoms with E-state index in [1.807, 2.05) is 24.3 Å². The van der Waals surface area contributed by atoms with Crippen molar-refractivity contribution in [2.45, 2.75) is 17.2 Å². The van der Waals surface area contributed by atoms with Gasteiger partial charge in [0.1, 0.15) is 4.21 Å². The molecule has 0 fully saturated rings. The molecule has 0 aliphatic carbocycles. The van der Waals surface area contributed by atoms with Gasteiger partial charge in [-0.1, -0.05) is 39.7 Å². The van der Waals surface area contributed by atoms with Crippen LogP contribution in [0.2, 0.25) is 4.34 Å². The van der Waals surface area contributed by atoms with E-state index in [4.69, 9.17) is 11.6 Å². The summed E-state index contributed by atoms with van der Waals surface area (Å²) >= 11 is 10.1. The van der Waals surface area contributed by atoms with Crippen molar-refractivity contribution in [1.82, 2.24) is 4.72 Å². The standard InChI is InChI=1S/C12H11BrClNO2S2/c1-8(9-2-4-10(13)5-3-9)15-19(16,17)12-7-6-11(14)18-12/h2-8,15H,1H3. The molecule has 0 spiro atoms. The van der Waals surface area contributed by atoms with Gasteiger partial charge in [-0.3, -0.25) is 0 Å². The zero-order valence-corrected chi connectivity index (χ0v) is 13.9. The fourth-order valence-corrected chi connectivity index (χ4v) is 4.55. The first-order valence-corrected chi connectivity index (χ1v) is 8.89. The summed E-state index contributed by atoms with van der Waals surface area (Å²) in [5.41, 5.74) is 0.898. The van der Waals surface area contributed by atoms with Gasteiger partial charge in [0.05, 0.1) is 4.34 Å². The molecule has 3 nitrogen and oxygen atoms in total. The molecule has 0 amide bonds. The van der Waals surface area contributed by atoms with Crippen LogP contribution in [0.4, 0.5) is 0 Å². The molecule has 0 aliphatic rings. The average molecular weight is 381 g/mol. The number of thiophene rings is 1. The molecule has 1 N–H and O–H groups in total. The third-order valence-corrected chi connectivity index (χ3v) is 6.31. The number of halogens is 2. The minimum atomic E-state index is -3.52. The molecular weight excluding hydrogens is 370 g/mol. The highest BCUT2D eigenvalue weighted by Crippen LogP contribution is 2.27. The molecule has 1 unspecified atom stereocenters. The van der Waals surface area contributed by atoms with Gasteiger partial charge < -0.3 is 0 Å². The van der Waals surface area contributed by atoms with Crippen LogP contribution in [0, 0.1) is 0 Å². The lowest BCUT2D eigenvalue weighted by atomic mass is 10.1. The van der Waals surface area contributed by atoms with E-state index >= 15 is 0 Å². The van der Waals surface area contributed by atoms with E-state index in [2.05, 4.69) is 20.7 Å². The largest absolute Gasteiger partial charge is 0.250 e. The highest BCUT2D eigenvalue weighted by molar-refractivity contribution is 9.10. The van der Waals surface area contributed by atoms with Crippen molar-refractivity contribution >= 4 is 48.9 Å². The Bertz CT molecular complexity index is 667. The summed E-state index contributed by atoms with van der Waals surface area (Å²) in [5, 5.41) is 0. The first-order valence-electron chi connectivity index (χ1n) is 5.41. The SMILES string of the molecule is CC(NS(=O)(=O)c1ccc(Cl)s1)c1ccc(Br)cc1. The van der Waals surface area contributed by atoms with Gasteiger partial charge >= 0.3 is 0 Å². The highest BCUT2D eigenvalue weighted by atomic mass is 79.9. The van der Waals surface area contributed by atoms with Crippen molar-refractivity contribution in [3.8, 4) is 0 Å². The smallest absolute Gasteiger partial charge is 0.206 e. The number of hydrogen-bond acceptors (Lipinski definition) is 3. The van der Waals surface area contributed by atoms with Crippen LogP contribution in [0.3, 0.4) is 0 Å². The number of rotatable bonds is 4. The number of hydrogen-bond donors (Lipinski definition) is 1. The van der Waals surface area contributed by atoms with Gasteiger partial charge in [0, 0.05) is 10.5 Å². The van der Waals surface area contributed by atoms with E-state index in [1.165, 1.54) is 6.07 Å². The zero-order chi connectivity index (χ0) is 14.0. The predicted molar refractivity (Wildman–Crippen MR) is 82.2 cm³/mol. The summed E-state index contributed by atoms with van der Waals surface area (Å²) < 4.78 is 28.5. The molecule has 19 heavy (non-hydrogen) atoms. The third kappa shape index (κ3) is 3.79. The van der Waals surface area contributed by atoms with E-state index in [9.17, 15) is 8.42 Å². The minimum absolute atomic E-state index is 0.224. The maximum atomic E-state index is 12.1. The number of nitrogens with one attached hydrogen (secondary N) is 1. The molecule has 1 aromatic heterocycles. The first kappa shape index (κ1) is 15.0. The van der Waals surface area contributed by atoms with Crippen LogP contribution in [-0.4, -0.2) is 8.42 Å². The Hall–Kier alpha value is -0.400. The van der Waals surface area contributed by atoms with Crippen LogP contribution in [0.25, 0.3) is 0 Å². The molecule has 1 heterocycles. The summed E-state index contributed by atoms with van der Waals surface area (Å²) in [6.45, 7) is 1.80. The number of sulfonamides is 1. The minimum Gasteiger partial charge on any atom is -0.206 e. The maximum Gasteiger partial charge on any atom is 0.250 e. The second kappa shape index (κ2) is 5.93. The normalized spacial score (nSPS) is 13.4. The van der Waals surface area contributed by atoms with Gasteiger partial charge in [-0.05, 0) is 36.8 Å². The van der Waals surface area contributed by atoms with E-state index in [-0.39, 0.29) is 10.3 Å². The van der Waals surface area contributed by atoms with Gasteiger partial charge in [0.25, 0.3) is 10.0 Å². The summed E-state index contributed by atoms with van der Waals surface area (Å²) in [5.74, 6) is 0. The van der Waals surface area contributed by atoms with Crippen LogP contribution in [-0.2, 0) is 10.0 Å². The Kier molecular flexibility index (Phi) is 4.68. The summed E-state index contributed by atoms with van der Waals surface area (Å²) in [4.78, 5) is 0. The van der Waals surface area contributed by atoms with Crippen molar-refractivity contribution < 1.29 is 8.42 Å². The lowest BCUT2D eigenvalue weighted by molar-refractivity contribution is 0.569. The van der Waals surface area contributed by atoms with Gasteiger partial charge in [-0.2, -0.15) is 0 Å². The fourth-order valence-electron chi connectivity index (χ4n) is 1.55. The lowest BCUT2D eigenvalue weighted by Crippen LogP contribution is -2.26. The molecule has 0 saturated heterocycles. The topological polar surface area (TPSA) is 46.2 Å². The van der Waals surface area contributed by atoms with Crippen LogP contribution in [0.1, 0.15) is 18.5 Å². The molecular formula is C12H11BrClNO2S2. The van der Waals surface area contributed by atoms with Gasteiger partial charge in [-0.15, -0.1) is 11.3 Å². The van der Waals surface area contributed by atoms with Gasteiger partial charge in [0.2, 0.25) is 0 Å². The Morgan fingerprint density at radius 2 is 1.84 bits per heavy atom. The van der Waals surface area contributed by atoms with Crippen molar-refractivity contribution in [2.75, 3.05) is 0 Å². The summed E-state index contributed by atoms with van der Waals surface area (Å²) in [7, 11) is -3.52.